The van der Waals surface area contributed by atoms with E-state index in [1.54, 1.807) is 24.7 Å². The molecule has 0 atom stereocenters. The van der Waals surface area contributed by atoms with E-state index in [1.165, 1.54) is 12.1 Å². The number of carbonyl (C=O) groups is 1. The Balaban J connectivity index is 2.28. The molecule has 2 N–H and O–H groups in total. The third kappa shape index (κ3) is 2.56. The maximum Gasteiger partial charge on any atom is 0.259 e. The van der Waals surface area contributed by atoms with Crippen molar-refractivity contribution < 1.29 is 9.90 Å². The molecule has 1 aromatic carbocycles. The number of anilines is 1. The van der Waals surface area contributed by atoms with E-state index in [0.717, 1.165) is 5.69 Å². The first-order valence-corrected chi connectivity index (χ1v) is 6.08. The van der Waals surface area contributed by atoms with E-state index in [9.17, 15) is 9.90 Å². The van der Waals surface area contributed by atoms with Gasteiger partial charge in [-0.05, 0) is 26.0 Å². The molecular weight excluding hydrogens is 266 g/mol. The van der Waals surface area contributed by atoms with Gasteiger partial charge in [-0.25, -0.2) is 0 Å². The van der Waals surface area contributed by atoms with Crippen LogP contribution in [0.2, 0.25) is 5.02 Å². The van der Waals surface area contributed by atoms with Gasteiger partial charge in [-0.1, -0.05) is 11.6 Å². The number of aromatic nitrogens is 2. The van der Waals surface area contributed by atoms with Crippen LogP contribution < -0.4 is 5.32 Å². The van der Waals surface area contributed by atoms with Crippen molar-refractivity contribution in [2.75, 3.05) is 5.32 Å². The third-order valence-electron chi connectivity index (χ3n) is 2.94. The zero-order valence-electron chi connectivity index (χ0n) is 10.9. The molecule has 1 amide bonds. The summed E-state index contributed by atoms with van der Waals surface area (Å²) in [7, 11) is 1.78. The Hall–Kier alpha value is -2.01. The SMILES string of the molecule is Cc1nn(C)c(C)c1C(=O)Nc1ccc(Cl)c(O)c1. The highest BCUT2D eigenvalue weighted by atomic mass is 35.5. The van der Waals surface area contributed by atoms with Crippen LogP contribution in [-0.4, -0.2) is 20.8 Å². The quantitative estimate of drug-likeness (QED) is 0.888. The van der Waals surface area contributed by atoms with Gasteiger partial charge < -0.3 is 10.4 Å². The molecule has 5 nitrogen and oxygen atoms in total. The lowest BCUT2D eigenvalue weighted by molar-refractivity contribution is 0.102. The summed E-state index contributed by atoms with van der Waals surface area (Å²) in [5, 5.41) is 16.6. The minimum Gasteiger partial charge on any atom is -0.506 e. The van der Waals surface area contributed by atoms with Crippen molar-refractivity contribution in [1.82, 2.24) is 9.78 Å². The summed E-state index contributed by atoms with van der Waals surface area (Å²) in [4.78, 5) is 12.2. The highest BCUT2D eigenvalue weighted by Gasteiger charge is 2.17. The first kappa shape index (κ1) is 13.4. The number of halogens is 1. The molecule has 19 heavy (non-hydrogen) atoms. The lowest BCUT2D eigenvalue weighted by Gasteiger charge is -2.06. The molecule has 0 spiro atoms. The van der Waals surface area contributed by atoms with E-state index in [0.29, 0.717) is 16.9 Å². The number of phenolic OH excluding ortho intramolecular Hbond substituents is 1. The number of hydrogen-bond donors (Lipinski definition) is 2. The first-order chi connectivity index (χ1) is 8.90. The summed E-state index contributed by atoms with van der Waals surface area (Å²) >= 11 is 5.71. The van der Waals surface area contributed by atoms with Gasteiger partial charge >= 0.3 is 0 Å². The number of nitrogens with zero attached hydrogens (tertiary/aromatic N) is 2. The molecule has 2 rings (SSSR count). The number of rotatable bonds is 2. The molecule has 0 saturated heterocycles. The fraction of sp³-hybridized carbons (Fsp3) is 0.231. The number of nitrogens with one attached hydrogen (secondary N) is 1. The molecule has 0 aliphatic heterocycles. The number of hydrogen-bond acceptors (Lipinski definition) is 3. The Morgan fingerprint density at radius 3 is 2.63 bits per heavy atom. The van der Waals surface area contributed by atoms with Crippen LogP contribution in [0.5, 0.6) is 5.75 Å². The van der Waals surface area contributed by atoms with Crippen molar-refractivity contribution in [3.8, 4) is 5.75 Å². The molecule has 0 unspecified atom stereocenters. The van der Waals surface area contributed by atoms with Crippen LogP contribution in [0.4, 0.5) is 5.69 Å². The van der Waals surface area contributed by atoms with Gasteiger partial charge in [0.15, 0.2) is 0 Å². The first-order valence-electron chi connectivity index (χ1n) is 5.70. The summed E-state index contributed by atoms with van der Waals surface area (Å²) < 4.78 is 1.66. The zero-order chi connectivity index (χ0) is 14.2. The summed E-state index contributed by atoms with van der Waals surface area (Å²) in [6.45, 7) is 3.61. The number of aromatic hydroxyl groups is 1. The van der Waals surface area contributed by atoms with Crippen LogP contribution in [0, 0.1) is 13.8 Å². The van der Waals surface area contributed by atoms with Crippen LogP contribution in [0.25, 0.3) is 0 Å². The smallest absolute Gasteiger partial charge is 0.259 e. The Morgan fingerprint density at radius 1 is 1.42 bits per heavy atom. The van der Waals surface area contributed by atoms with Gasteiger partial charge in [-0.3, -0.25) is 9.48 Å². The van der Waals surface area contributed by atoms with Gasteiger partial charge in [0.2, 0.25) is 0 Å². The molecule has 1 aromatic heterocycles. The molecule has 0 aliphatic carbocycles. The molecule has 0 fully saturated rings. The van der Waals surface area contributed by atoms with Crippen molar-refractivity contribution in [2.45, 2.75) is 13.8 Å². The maximum absolute atomic E-state index is 12.2. The second-order valence-corrected chi connectivity index (χ2v) is 4.70. The monoisotopic (exact) mass is 279 g/mol. The van der Waals surface area contributed by atoms with E-state index >= 15 is 0 Å². The molecule has 0 radical (unpaired) electrons. The predicted octanol–water partition coefficient (Wildman–Crippen LogP) is 2.65. The van der Waals surface area contributed by atoms with Crippen LogP contribution in [0.1, 0.15) is 21.7 Å². The Morgan fingerprint density at radius 2 is 2.11 bits per heavy atom. The molecule has 0 saturated carbocycles. The van der Waals surface area contributed by atoms with Gasteiger partial charge in [0, 0.05) is 24.5 Å². The third-order valence-corrected chi connectivity index (χ3v) is 3.26. The number of carbonyl (C=O) groups excluding carboxylic acids is 1. The lowest BCUT2D eigenvalue weighted by atomic mass is 10.2. The summed E-state index contributed by atoms with van der Waals surface area (Å²) in [5.74, 6) is -0.330. The van der Waals surface area contributed by atoms with Gasteiger partial charge in [0.1, 0.15) is 5.75 Å². The average molecular weight is 280 g/mol. The Kier molecular flexibility index (Phi) is 3.48. The fourth-order valence-electron chi connectivity index (χ4n) is 1.89. The molecule has 0 bridgehead atoms. The van der Waals surface area contributed by atoms with E-state index < -0.39 is 0 Å². The van der Waals surface area contributed by atoms with Gasteiger partial charge in [-0.2, -0.15) is 5.10 Å². The second kappa shape index (κ2) is 4.93. The molecule has 100 valence electrons. The maximum atomic E-state index is 12.2. The normalized spacial score (nSPS) is 10.5. The average Bonchev–Trinajstić information content (AvgIpc) is 2.58. The second-order valence-electron chi connectivity index (χ2n) is 4.29. The van der Waals surface area contributed by atoms with Crippen LogP contribution in [0.3, 0.4) is 0 Å². The van der Waals surface area contributed by atoms with Crippen molar-refractivity contribution >= 4 is 23.2 Å². The van der Waals surface area contributed by atoms with Crippen LogP contribution >= 0.6 is 11.6 Å². The van der Waals surface area contributed by atoms with Gasteiger partial charge in [-0.15, -0.1) is 0 Å². The molecular formula is C13H14ClN3O2. The van der Waals surface area contributed by atoms with Gasteiger partial charge in [0.25, 0.3) is 5.91 Å². The predicted molar refractivity (Wildman–Crippen MR) is 73.8 cm³/mol. The Labute approximate surface area is 115 Å². The number of benzene rings is 1. The molecule has 2 aromatic rings. The van der Waals surface area contributed by atoms with Crippen molar-refractivity contribution in [1.29, 1.82) is 0 Å². The minimum absolute atomic E-state index is 0.0703. The van der Waals surface area contributed by atoms with Crippen molar-refractivity contribution in [2.24, 2.45) is 7.05 Å². The molecule has 6 heteroatoms. The van der Waals surface area contributed by atoms with E-state index in [2.05, 4.69) is 10.4 Å². The molecule has 1 heterocycles. The summed E-state index contributed by atoms with van der Waals surface area (Å²) in [6.07, 6.45) is 0. The highest BCUT2D eigenvalue weighted by Crippen LogP contribution is 2.26. The molecule has 0 aliphatic rings. The van der Waals surface area contributed by atoms with Crippen LogP contribution in [0.15, 0.2) is 18.2 Å². The number of phenols is 1. The van der Waals surface area contributed by atoms with E-state index in [1.807, 2.05) is 6.92 Å². The Bertz CT molecular complexity index is 650. The summed E-state index contributed by atoms with van der Waals surface area (Å²) in [5.41, 5.74) is 2.47. The van der Waals surface area contributed by atoms with E-state index in [4.69, 9.17) is 11.6 Å². The van der Waals surface area contributed by atoms with Gasteiger partial charge in [0.05, 0.1) is 16.3 Å². The number of amides is 1. The standard InChI is InChI=1S/C13H14ClN3O2/c1-7-12(8(2)17(3)16-7)13(19)15-9-4-5-10(14)11(18)6-9/h4-6,18H,1-3H3,(H,15,19). The van der Waals surface area contributed by atoms with E-state index in [-0.39, 0.29) is 16.7 Å². The largest absolute Gasteiger partial charge is 0.506 e. The van der Waals surface area contributed by atoms with Crippen molar-refractivity contribution in [3.63, 3.8) is 0 Å². The topological polar surface area (TPSA) is 67.2 Å². The van der Waals surface area contributed by atoms with Crippen LogP contribution in [-0.2, 0) is 7.05 Å². The zero-order valence-corrected chi connectivity index (χ0v) is 11.6. The summed E-state index contributed by atoms with van der Waals surface area (Å²) in [6, 6.07) is 4.55. The highest BCUT2D eigenvalue weighted by molar-refractivity contribution is 6.32. The number of aryl methyl sites for hydroxylation is 2. The lowest BCUT2D eigenvalue weighted by Crippen LogP contribution is -2.14. The van der Waals surface area contributed by atoms with Crippen molar-refractivity contribution in [3.05, 3.63) is 40.2 Å². The fourth-order valence-corrected chi connectivity index (χ4v) is 2.00. The minimum atomic E-state index is -0.259.